The highest BCUT2D eigenvalue weighted by Gasteiger charge is 2.30. The van der Waals surface area contributed by atoms with Gasteiger partial charge in [0.2, 0.25) is 6.41 Å². The van der Waals surface area contributed by atoms with Crippen molar-refractivity contribution in [1.82, 2.24) is 20.3 Å². The first-order chi connectivity index (χ1) is 21.4. The lowest BCUT2D eigenvalue weighted by atomic mass is 9.94. The minimum atomic E-state index is -4.27. The van der Waals surface area contributed by atoms with Gasteiger partial charge in [-0.3, -0.25) is 20.0 Å². The van der Waals surface area contributed by atoms with Gasteiger partial charge in [-0.2, -0.15) is 13.2 Å². The van der Waals surface area contributed by atoms with E-state index in [9.17, 15) is 35.9 Å². The van der Waals surface area contributed by atoms with E-state index < -0.39 is 41.1 Å². The predicted molar refractivity (Wildman–Crippen MR) is 156 cm³/mol. The van der Waals surface area contributed by atoms with E-state index in [0.717, 1.165) is 35.7 Å². The number of nitrogens with zero attached hydrogens (tertiary/aromatic N) is 2. The van der Waals surface area contributed by atoms with Gasteiger partial charge in [-0.25, -0.2) is 19.0 Å². The van der Waals surface area contributed by atoms with Crippen molar-refractivity contribution in [3.8, 4) is 11.1 Å². The second-order valence-electron chi connectivity index (χ2n) is 9.80. The average molecular weight is 628 g/mol. The number of pyridine rings is 1. The number of aryl methyl sites for hydroxylation is 1. The molecule has 0 bridgehead atoms. The van der Waals surface area contributed by atoms with Gasteiger partial charge in [0.05, 0.1) is 22.9 Å². The van der Waals surface area contributed by atoms with E-state index in [1.165, 1.54) is 30.5 Å². The number of alkyl halides is 3. The van der Waals surface area contributed by atoms with Gasteiger partial charge in [0.1, 0.15) is 17.5 Å². The van der Waals surface area contributed by atoms with Gasteiger partial charge in [-0.05, 0) is 78.4 Å². The van der Waals surface area contributed by atoms with E-state index in [1.807, 2.05) is 18.4 Å². The quantitative estimate of drug-likeness (QED) is 0.0603. The summed E-state index contributed by atoms with van der Waals surface area (Å²) in [4.78, 5) is 27.3. The van der Waals surface area contributed by atoms with Gasteiger partial charge in [0.25, 0.3) is 5.91 Å². The van der Waals surface area contributed by atoms with Crippen LogP contribution in [0.25, 0.3) is 22.0 Å². The zero-order valence-electron chi connectivity index (χ0n) is 23.7. The standard InChI is InChI=1S/C21H17F3N4O2.C11H10F3N/c22-14-6-12(7-15(23)10-14)8-19(27-11-29)20-16(2-1-5-26-20)13-3-4-18(24)17(9-13)21(30)28-25;1-2-15-6-5-8-3-4-9(7-10(8)15)11(12,13)14/h1-7,9-11,19H,8,25H2,(H,27,29)(H,28,30);3-7H,2H2,1H3. The van der Waals surface area contributed by atoms with Gasteiger partial charge in [-0.15, -0.1) is 0 Å². The predicted octanol–water partition coefficient (Wildman–Crippen LogP) is 6.48. The van der Waals surface area contributed by atoms with Crippen LogP contribution in [0.15, 0.2) is 85.2 Å². The second kappa shape index (κ2) is 14.1. The Labute approximate surface area is 253 Å². The molecule has 5 aromatic rings. The second-order valence-corrected chi connectivity index (χ2v) is 9.80. The summed E-state index contributed by atoms with van der Waals surface area (Å²) in [5, 5.41) is 3.43. The monoisotopic (exact) mass is 627 g/mol. The third kappa shape index (κ3) is 7.87. The van der Waals surface area contributed by atoms with E-state index in [2.05, 4.69) is 10.3 Å². The molecule has 1 unspecified atom stereocenters. The third-order valence-electron chi connectivity index (χ3n) is 6.89. The number of fused-ring (bicyclic) bond motifs is 1. The average Bonchev–Trinajstić information content (AvgIpc) is 3.43. The zero-order valence-corrected chi connectivity index (χ0v) is 23.7. The number of halogens is 6. The fourth-order valence-electron chi connectivity index (χ4n) is 4.80. The molecule has 0 spiro atoms. The summed E-state index contributed by atoms with van der Waals surface area (Å²) in [5.41, 5.74) is 3.28. The summed E-state index contributed by atoms with van der Waals surface area (Å²) in [6.45, 7) is 2.57. The molecule has 2 amide bonds. The van der Waals surface area contributed by atoms with Gasteiger partial charge in [0, 0.05) is 36.1 Å². The molecule has 5 rings (SSSR count). The van der Waals surface area contributed by atoms with Crippen LogP contribution in [0.3, 0.4) is 0 Å². The Kier molecular flexibility index (Phi) is 10.2. The molecule has 2 heterocycles. The SMILES string of the molecule is CCn1ccc2ccc(C(F)(F)F)cc21.NNC(=O)c1cc(-c2cccnc2C(Cc2cc(F)cc(F)c2)NC=O)ccc1F. The number of hydrogen-bond donors (Lipinski definition) is 3. The Bertz CT molecular complexity index is 1800. The number of benzene rings is 3. The summed E-state index contributed by atoms with van der Waals surface area (Å²) in [5.74, 6) is 2.05. The lowest BCUT2D eigenvalue weighted by molar-refractivity contribution is -0.137. The molecular weight excluding hydrogens is 600 g/mol. The Morgan fingerprint density at radius 3 is 2.38 bits per heavy atom. The van der Waals surface area contributed by atoms with Crippen molar-refractivity contribution in [3.05, 3.63) is 125 Å². The van der Waals surface area contributed by atoms with E-state index in [4.69, 9.17) is 5.84 Å². The van der Waals surface area contributed by atoms with Crippen LogP contribution in [0.1, 0.15) is 40.1 Å². The van der Waals surface area contributed by atoms with Crippen molar-refractivity contribution < 1.29 is 35.9 Å². The van der Waals surface area contributed by atoms with Crippen molar-refractivity contribution in [2.75, 3.05) is 0 Å². The van der Waals surface area contributed by atoms with Crippen LogP contribution >= 0.6 is 0 Å². The van der Waals surface area contributed by atoms with Crippen LogP contribution in [0, 0.1) is 17.5 Å². The van der Waals surface area contributed by atoms with Crippen LogP contribution in [0.2, 0.25) is 0 Å². The number of amides is 2. The molecule has 1 atom stereocenters. The molecule has 0 saturated heterocycles. The molecule has 4 N–H and O–H groups in total. The number of aromatic nitrogens is 2. The van der Waals surface area contributed by atoms with Crippen molar-refractivity contribution in [3.63, 3.8) is 0 Å². The topological polar surface area (TPSA) is 102 Å². The number of hydrogen-bond acceptors (Lipinski definition) is 4. The van der Waals surface area contributed by atoms with Gasteiger partial charge in [-0.1, -0.05) is 18.2 Å². The normalized spacial score (nSPS) is 11.8. The maximum atomic E-state index is 14.0. The minimum absolute atomic E-state index is 0.0504. The highest BCUT2D eigenvalue weighted by Crippen LogP contribution is 2.32. The number of carbonyl (C=O) groups excluding carboxylic acids is 2. The van der Waals surface area contributed by atoms with Crippen molar-refractivity contribution in [2.24, 2.45) is 5.84 Å². The summed E-state index contributed by atoms with van der Waals surface area (Å²) in [7, 11) is 0. The first kappa shape index (κ1) is 32.7. The van der Waals surface area contributed by atoms with Crippen LogP contribution < -0.4 is 16.6 Å². The molecule has 45 heavy (non-hydrogen) atoms. The fourth-order valence-corrected chi connectivity index (χ4v) is 4.80. The summed E-state index contributed by atoms with van der Waals surface area (Å²) >= 11 is 0. The zero-order chi connectivity index (χ0) is 32.7. The van der Waals surface area contributed by atoms with Gasteiger partial charge >= 0.3 is 6.18 Å². The Morgan fingerprint density at radius 2 is 1.73 bits per heavy atom. The molecule has 0 saturated carbocycles. The number of nitrogens with two attached hydrogens (primary N) is 1. The van der Waals surface area contributed by atoms with E-state index >= 15 is 0 Å². The van der Waals surface area contributed by atoms with Crippen molar-refractivity contribution >= 4 is 23.2 Å². The van der Waals surface area contributed by atoms with Crippen molar-refractivity contribution in [1.29, 1.82) is 0 Å². The molecule has 7 nitrogen and oxygen atoms in total. The molecule has 2 aromatic heterocycles. The first-order valence-electron chi connectivity index (χ1n) is 13.5. The minimum Gasteiger partial charge on any atom is -0.350 e. The summed E-state index contributed by atoms with van der Waals surface area (Å²) in [6.07, 6.45) is -0.477. The smallest absolute Gasteiger partial charge is 0.350 e. The molecule has 0 aliphatic rings. The highest BCUT2D eigenvalue weighted by atomic mass is 19.4. The third-order valence-corrected chi connectivity index (χ3v) is 6.89. The fraction of sp³-hybridized carbons (Fsp3) is 0.156. The van der Waals surface area contributed by atoms with Crippen LogP contribution in [-0.2, 0) is 23.9 Å². The molecule has 0 radical (unpaired) electrons. The molecule has 0 aliphatic carbocycles. The molecule has 0 aliphatic heterocycles. The number of nitrogens with one attached hydrogen (secondary N) is 2. The van der Waals surface area contributed by atoms with Crippen LogP contribution in [-0.4, -0.2) is 21.9 Å². The molecule has 3 aromatic carbocycles. The molecule has 0 fully saturated rings. The number of carbonyl (C=O) groups is 2. The highest BCUT2D eigenvalue weighted by molar-refractivity contribution is 5.95. The lowest BCUT2D eigenvalue weighted by Gasteiger charge is -2.19. The Hall–Kier alpha value is -5.17. The first-order valence-corrected chi connectivity index (χ1v) is 13.5. The molecular formula is C32H27F6N5O2. The van der Waals surface area contributed by atoms with Gasteiger partial charge in [0.15, 0.2) is 0 Å². The van der Waals surface area contributed by atoms with Gasteiger partial charge < -0.3 is 9.88 Å². The van der Waals surface area contributed by atoms with Crippen LogP contribution in [0.4, 0.5) is 26.3 Å². The molecule has 234 valence electrons. The Morgan fingerprint density at radius 1 is 1.00 bits per heavy atom. The van der Waals surface area contributed by atoms with E-state index in [1.54, 1.807) is 22.9 Å². The van der Waals surface area contributed by atoms with Crippen LogP contribution in [0.5, 0.6) is 0 Å². The number of nitrogen functional groups attached to an aromatic ring is 1. The molecule has 13 heteroatoms. The maximum absolute atomic E-state index is 14.0. The largest absolute Gasteiger partial charge is 0.416 e. The summed E-state index contributed by atoms with van der Waals surface area (Å²) in [6, 6.07) is 15.1. The van der Waals surface area contributed by atoms with Crippen molar-refractivity contribution in [2.45, 2.75) is 32.1 Å². The lowest BCUT2D eigenvalue weighted by Crippen LogP contribution is -2.30. The number of hydrazine groups is 1. The number of rotatable bonds is 8. The Balaban J connectivity index is 0.000000256. The van der Waals surface area contributed by atoms with E-state index in [-0.39, 0.29) is 12.0 Å². The summed E-state index contributed by atoms with van der Waals surface area (Å²) < 4.78 is 80.3. The maximum Gasteiger partial charge on any atom is 0.416 e. The van der Waals surface area contributed by atoms with E-state index in [0.29, 0.717) is 40.9 Å².